The van der Waals surface area contributed by atoms with Crippen LogP contribution in [-0.4, -0.2) is 24.5 Å². The fourth-order valence-corrected chi connectivity index (χ4v) is 2.90. The summed E-state index contributed by atoms with van der Waals surface area (Å²) in [5, 5.41) is 6.43. The van der Waals surface area contributed by atoms with Gasteiger partial charge < -0.3 is 10.1 Å². The molecule has 0 aliphatic rings. The summed E-state index contributed by atoms with van der Waals surface area (Å²) in [6.07, 6.45) is 0. The maximum atomic E-state index is 12.8. The van der Waals surface area contributed by atoms with E-state index in [0.29, 0.717) is 11.5 Å². The van der Waals surface area contributed by atoms with Gasteiger partial charge >= 0.3 is 5.97 Å². The molecule has 1 amide bonds. The first-order valence-corrected chi connectivity index (χ1v) is 8.84. The smallest absolute Gasteiger partial charge is 0.339 e. The Balaban J connectivity index is 1.88. The summed E-state index contributed by atoms with van der Waals surface area (Å²) in [4.78, 5) is 24.8. The van der Waals surface area contributed by atoms with Crippen LogP contribution in [0.4, 0.5) is 0 Å². The molecule has 0 saturated heterocycles. The van der Waals surface area contributed by atoms with Gasteiger partial charge in [0.2, 0.25) is 0 Å². The predicted octanol–water partition coefficient (Wildman–Crippen LogP) is 4.31. The van der Waals surface area contributed by atoms with Crippen molar-refractivity contribution in [1.82, 2.24) is 5.32 Å². The molecular weight excluding hydrogens is 326 g/mol. The van der Waals surface area contributed by atoms with Crippen LogP contribution in [0.15, 0.2) is 54.6 Å². The Morgan fingerprint density at radius 3 is 2.00 bits per heavy atom. The molecule has 134 valence electrons. The van der Waals surface area contributed by atoms with Crippen LogP contribution in [0.25, 0.3) is 21.5 Å². The molecule has 0 heterocycles. The fraction of sp³-hybridized carbons (Fsp3) is 0.273. The van der Waals surface area contributed by atoms with E-state index in [-0.39, 0.29) is 18.6 Å². The van der Waals surface area contributed by atoms with Gasteiger partial charge in [-0.1, -0.05) is 62.4 Å². The van der Waals surface area contributed by atoms with Gasteiger partial charge in [0.1, 0.15) is 0 Å². The minimum Gasteiger partial charge on any atom is -0.452 e. The average molecular weight is 349 g/mol. The molecule has 0 saturated carbocycles. The first-order chi connectivity index (χ1) is 12.5. The second-order valence-corrected chi connectivity index (χ2v) is 6.87. The molecule has 0 fully saturated rings. The van der Waals surface area contributed by atoms with E-state index in [9.17, 15) is 9.59 Å². The van der Waals surface area contributed by atoms with Crippen LogP contribution < -0.4 is 5.32 Å². The maximum absolute atomic E-state index is 12.8. The van der Waals surface area contributed by atoms with E-state index in [2.05, 4.69) is 11.4 Å². The van der Waals surface area contributed by atoms with Crippen molar-refractivity contribution in [3.63, 3.8) is 0 Å². The van der Waals surface area contributed by atoms with E-state index in [1.165, 1.54) is 0 Å². The van der Waals surface area contributed by atoms with Gasteiger partial charge in [0, 0.05) is 6.04 Å². The molecule has 4 nitrogen and oxygen atoms in total. The van der Waals surface area contributed by atoms with E-state index in [1.807, 2.05) is 69.3 Å². The lowest BCUT2D eigenvalue weighted by molar-refractivity contribution is -0.125. The highest BCUT2D eigenvalue weighted by atomic mass is 16.5. The predicted molar refractivity (Wildman–Crippen MR) is 104 cm³/mol. The van der Waals surface area contributed by atoms with Crippen molar-refractivity contribution in [2.75, 3.05) is 6.61 Å². The van der Waals surface area contributed by atoms with Crippen molar-refractivity contribution in [3.8, 4) is 0 Å². The summed E-state index contributed by atoms with van der Waals surface area (Å²) >= 11 is 0. The summed E-state index contributed by atoms with van der Waals surface area (Å²) in [5.74, 6) is -0.453. The number of carbonyl (C=O) groups excluding carboxylic acids is 2. The molecule has 0 bridgehead atoms. The SMILES string of the molecule is CC(C)C(C)NC(=O)COC(=O)c1c2ccccc2cc2ccccc12. The highest BCUT2D eigenvalue weighted by molar-refractivity contribution is 6.16. The highest BCUT2D eigenvalue weighted by Crippen LogP contribution is 2.29. The number of hydrogen-bond donors (Lipinski definition) is 1. The zero-order valence-corrected chi connectivity index (χ0v) is 15.3. The van der Waals surface area contributed by atoms with Crippen LogP contribution in [0.5, 0.6) is 0 Å². The van der Waals surface area contributed by atoms with E-state index in [4.69, 9.17) is 4.74 Å². The molecule has 3 aromatic rings. The van der Waals surface area contributed by atoms with Gasteiger partial charge in [-0.3, -0.25) is 4.79 Å². The first kappa shape index (κ1) is 17.9. The van der Waals surface area contributed by atoms with Crippen LogP contribution in [0.3, 0.4) is 0 Å². The number of carbonyl (C=O) groups is 2. The Morgan fingerprint density at radius 2 is 1.46 bits per heavy atom. The molecular formula is C22H23NO3. The lowest BCUT2D eigenvalue weighted by Gasteiger charge is -2.17. The van der Waals surface area contributed by atoms with Crippen molar-refractivity contribution >= 4 is 33.4 Å². The Hall–Kier alpha value is -2.88. The quantitative estimate of drug-likeness (QED) is 0.551. The van der Waals surface area contributed by atoms with Gasteiger partial charge in [0.25, 0.3) is 5.91 Å². The topological polar surface area (TPSA) is 55.4 Å². The molecule has 3 rings (SSSR count). The molecule has 0 aliphatic carbocycles. The van der Waals surface area contributed by atoms with Gasteiger partial charge in [0.05, 0.1) is 5.56 Å². The molecule has 4 heteroatoms. The van der Waals surface area contributed by atoms with Crippen molar-refractivity contribution in [1.29, 1.82) is 0 Å². The number of nitrogens with one attached hydrogen (secondary N) is 1. The van der Waals surface area contributed by atoms with Crippen molar-refractivity contribution < 1.29 is 14.3 Å². The van der Waals surface area contributed by atoms with E-state index >= 15 is 0 Å². The van der Waals surface area contributed by atoms with Crippen molar-refractivity contribution in [3.05, 3.63) is 60.2 Å². The average Bonchev–Trinajstić information content (AvgIpc) is 2.64. The number of amides is 1. The number of ether oxygens (including phenoxy) is 1. The maximum Gasteiger partial charge on any atom is 0.339 e. The fourth-order valence-electron chi connectivity index (χ4n) is 2.90. The summed E-state index contributed by atoms with van der Waals surface area (Å²) in [5.41, 5.74) is 0.503. The van der Waals surface area contributed by atoms with Gasteiger partial charge in [0.15, 0.2) is 6.61 Å². The molecule has 0 spiro atoms. The Bertz CT molecular complexity index is 908. The van der Waals surface area contributed by atoms with E-state index < -0.39 is 5.97 Å². The van der Waals surface area contributed by atoms with E-state index in [0.717, 1.165) is 21.5 Å². The molecule has 0 aromatic heterocycles. The molecule has 1 N–H and O–H groups in total. The standard InChI is InChI=1S/C22H23NO3/c1-14(2)15(3)23-20(24)13-26-22(25)21-18-10-6-4-8-16(18)12-17-9-5-7-11-19(17)21/h4-12,14-15H,13H2,1-3H3,(H,23,24). The lowest BCUT2D eigenvalue weighted by Crippen LogP contribution is -2.38. The molecule has 0 radical (unpaired) electrons. The summed E-state index contributed by atoms with van der Waals surface area (Å²) in [6, 6.07) is 17.5. The molecule has 0 aliphatic heterocycles. The molecule has 3 aromatic carbocycles. The largest absolute Gasteiger partial charge is 0.452 e. The van der Waals surface area contributed by atoms with Gasteiger partial charge in [-0.05, 0) is 40.5 Å². The normalized spacial score (nSPS) is 12.3. The van der Waals surface area contributed by atoms with Crippen molar-refractivity contribution in [2.24, 2.45) is 5.92 Å². The number of fused-ring (bicyclic) bond motifs is 2. The third kappa shape index (κ3) is 3.69. The number of benzene rings is 3. The number of esters is 1. The van der Waals surface area contributed by atoms with Gasteiger partial charge in [-0.25, -0.2) is 4.79 Å². The van der Waals surface area contributed by atoms with Gasteiger partial charge in [-0.2, -0.15) is 0 Å². The van der Waals surface area contributed by atoms with Crippen LogP contribution in [0.1, 0.15) is 31.1 Å². The minimum atomic E-state index is -0.481. The third-order valence-corrected chi connectivity index (χ3v) is 4.70. The Kier molecular flexibility index (Phi) is 5.21. The first-order valence-electron chi connectivity index (χ1n) is 8.84. The lowest BCUT2D eigenvalue weighted by atomic mass is 9.97. The number of rotatable bonds is 5. The second kappa shape index (κ2) is 7.56. The molecule has 1 unspecified atom stereocenters. The van der Waals surface area contributed by atoms with Gasteiger partial charge in [-0.15, -0.1) is 0 Å². The van der Waals surface area contributed by atoms with Crippen LogP contribution >= 0.6 is 0 Å². The zero-order valence-electron chi connectivity index (χ0n) is 15.3. The van der Waals surface area contributed by atoms with Crippen LogP contribution in [0, 0.1) is 5.92 Å². The van der Waals surface area contributed by atoms with Crippen molar-refractivity contribution in [2.45, 2.75) is 26.8 Å². The number of hydrogen-bond acceptors (Lipinski definition) is 3. The molecule has 26 heavy (non-hydrogen) atoms. The summed E-state index contributed by atoms with van der Waals surface area (Å²) < 4.78 is 5.34. The molecule has 1 atom stereocenters. The summed E-state index contributed by atoms with van der Waals surface area (Å²) in [7, 11) is 0. The Morgan fingerprint density at radius 1 is 0.923 bits per heavy atom. The Labute approximate surface area is 153 Å². The third-order valence-electron chi connectivity index (χ3n) is 4.70. The van der Waals surface area contributed by atoms with Crippen LogP contribution in [-0.2, 0) is 9.53 Å². The minimum absolute atomic E-state index is 0.0274. The zero-order chi connectivity index (χ0) is 18.7. The van der Waals surface area contributed by atoms with Crippen LogP contribution in [0.2, 0.25) is 0 Å². The van der Waals surface area contributed by atoms with E-state index in [1.54, 1.807) is 0 Å². The summed E-state index contributed by atoms with van der Waals surface area (Å²) in [6.45, 7) is 5.70. The highest BCUT2D eigenvalue weighted by Gasteiger charge is 2.18. The monoisotopic (exact) mass is 349 g/mol. The second-order valence-electron chi connectivity index (χ2n) is 6.87.